The van der Waals surface area contributed by atoms with Crippen molar-refractivity contribution < 1.29 is 13.7 Å². The first-order valence-corrected chi connectivity index (χ1v) is 5.13. The number of nitro benzene ring substituents is 1. The lowest BCUT2D eigenvalue weighted by Gasteiger charge is -2.16. The minimum Gasteiger partial charge on any atom is -0.377 e. The van der Waals surface area contributed by atoms with Gasteiger partial charge in [0.2, 0.25) is 0 Å². The van der Waals surface area contributed by atoms with Gasteiger partial charge in [-0.25, -0.2) is 8.78 Å². The van der Waals surface area contributed by atoms with Crippen LogP contribution in [0.5, 0.6) is 0 Å². The van der Waals surface area contributed by atoms with Gasteiger partial charge in [0.1, 0.15) is 0 Å². The third-order valence-electron chi connectivity index (χ3n) is 2.50. The molecule has 1 N–H and O–H groups in total. The molecule has 0 fully saturated rings. The maximum absolute atomic E-state index is 12.4. The van der Waals surface area contributed by atoms with E-state index in [4.69, 9.17) is 0 Å². The number of nitrogens with one attached hydrogen (secondary N) is 1. The van der Waals surface area contributed by atoms with Gasteiger partial charge in [0.25, 0.3) is 12.1 Å². The molecule has 0 aliphatic heterocycles. The number of benzene rings is 1. The van der Waals surface area contributed by atoms with Crippen LogP contribution in [0.1, 0.15) is 18.1 Å². The van der Waals surface area contributed by atoms with Crippen molar-refractivity contribution in [1.82, 2.24) is 0 Å². The quantitative estimate of drug-likeness (QED) is 0.653. The summed E-state index contributed by atoms with van der Waals surface area (Å²) in [5.74, 6) is 0. The minimum atomic E-state index is -2.48. The largest absolute Gasteiger partial charge is 0.377 e. The molecule has 1 aromatic carbocycles. The van der Waals surface area contributed by atoms with Gasteiger partial charge in [-0.1, -0.05) is 0 Å². The van der Waals surface area contributed by atoms with E-state index in [-0.39, 0.29) is 5.69 Å². The summed E-state index contributed by atoms with van der Waals surface area (Å²) in [6, 6.07) is 1.91. The Morgan fingerprint density at radius 3 is 2.35 bits per heavy atom. The van der Waals surface area contributed by atoms with Crippen LogP contribution in [0.4, 0.5) is 20.2 Å². The second kappa shape index (κ2) is 5.07. The van der Waals surface area contributed by atoms with E-state index in [1.807, 2.05) is 0 Å². The molecule has 1 aromatic rings. The first kappa shape index (κ1) is 13.3. The number of halogens is 2. The Morgan fingerprint density at radius 2 is 1.88 bits per heavy atom. The summed E-state index contributed by atoms with van der Waals surface area (Å²) in [6.07, 6.45) is -2.48. The van der Waals surface area contributed by atoms with Gasteiger partial charge >= 0.3 is 0 Å². The SMILES string of the molecule is Cc1cc([N+](=O)[O-])c(C)cc1NC(C)C(F)F. The van der Waals surface area contributed by atoms with Gasteiger partial charge in [0.05, 0.1) is 11.0 Å². The summed E-state index contributed by atoms with van der Waals surface area (Å²) in [7, 11) is 0. The van der Waals surface area contributed by atoms with Gasteiger partial charge in [-0.3, -0.25) is 10.1 Å². The summed E-state index contributed by atoms with van der Waals surface area (Å²) in [5.41, 5.74) is 1.53. The number of hydrogen-bond acceptors (Lipinski definition) is 3. The van der Waals surface area contributed by atoms with Crippen LogP contribution in [-0.2, 0) is 0 Å². The van der Waals surface area contributed by atoms with Crippen molar-refractivity contribution in [3.05, 3.63) is 33.4 Å². The normalized spacial score (nSPS) is 12.6. The van der Waals surface area contributed by atoms with Crippen LogP contribution < -0.4 is 5.32 Å². The summed E-state index contributed by atoms with van der Waals surface area (Å²) in [5, 5.41) is 13.3. The van der Waals surface area contributed by atoms with Gasteiger partial charge in [-0.2, -0.15) is 0 Å². The van der Waals surface area contributed by atoms with E-state index in [9.17, 15) is 18.9 Å². The number of nitrogens with zero attached hydrogens (tertiary/aromatic N) is 1. The average Bonchev–Trinajstić information content (AvgIpc) is 2.22. The highest BCUT2D eigenvalue weighted by Gasteiger charge is 2.18. The number of nitro groups is 1. The molecule has 0 bridgehead atoms. The third-order valence-corrected chi connectivity index (χ3v) is 2.50. The molecule has 0 amide bonds. The third kappa shape index (κ3) is 3.12. The van der Waals surface area contributed by atoms with E-state index in [0.29, 0.717) is 16.8 Å². The molecule has 0 spiro atoms. The Morgan fingerprint density at radius 1 is 1.29 bits per heavy atom. The molecular weight excluding hydrogens is 230 g/mol. The van der Waals surface area contributed by atoms with E-state index in [0.717, 1.165) is 0 Å². The Balaban J connectivity index is 3.03. The maximum Gasteiger partial charge on any atom is 0.272 e. The lowest BCUT2D eigenvalue weighted by molar-refractivity contribution is -0.385. The molecule has 17 heavy (non-hydrogen) atoms. The molecule has 4 nitrogen and oxygen atoms in total. The van der Waals surface area contributed by atoms with Gasteiger partial charge in [0.15, 0.2) is 0 Å². The fourth-order valence-corrected chi connectivity index (χ4v) is 1.46. The standard InChI is InChI=1S/C11H14F2N2O2/c1-6-5-10(15(16)17)7(2)4-9(6)14-8(3)11(12)13/h4-5,8,11,14H,1-3H3. The highest BCUT2D eigenvalue weighted by molar-refractivity contribution is 5.59. The van der Waals surface area contributed by atoms with Crippen LogP contribution in [-0.4, -0.2) is 17.4 Å². The van der Waals surface area contributed by atoms with E-state index in [2.05, 4.69) is 5.32 Å². The molecule has 0 aromatic heterocycles. The molecule has 0 saturated carbocycles. The zero-order chi connectivity index (χ0) is 13.2. The zero-order valence-corrected chi connectivity index (χ0v) is 9.83. The Bertz CT molecular complexity index is 436. The average molecular weight is 244 g/mol. The highest BCUT2D eigenvalue weighted by Crippen LogP contribution is 2.26. The van der Waals surface area contributed by atoms with Crippen LogP contribution in [0, 0.1) is 24.0 Å². The van der Waals surface area contributed by atoms with Crippen molar-refractivity contribution in [2.24, 2.45) is 0 Å². The maximum atomic E-state index is 12.4. The first-order chi connectivity index (χ1) is 7.82. The smallest absolute Gasteiger partial charge is 0.272 e. The molecule has 0 aliphatic rings. The molecular formula is C11H14F2N2O2. The fourth-order valence-electron chi connectivity index (χ4n) is 1.46. The van der Waals surface area contributed by atoms with E-state index in [1.54, 1.807) is 13.8 Å². The molecule has 0 saturated heterocycles. The molecule has 0 aliphatic carbocycles. The minimum absolute atomic E-state index is 0.00208. The highest BCUT2D eigenvalue weighted by atomic mass is 19.3. The number of alkyl halides is 2. The van der Waals surface area contributed by atoms with Crippen LogP contribution >= 0.6 is 0 Å². The Labute approximate surface area is 97.8 Å². The topological polar surface area (TPSA) is 55.2 Å². The van der Waals surface area contributed by atoms with Crippen molar-refractivity contribution in [2.45, 2.75) is 33.2 Å². The number of aryl methyl sites for hydroxylation is 2. The summed E-state index contributed by atoms with van der Waals surface area (Å²) >= 11 is 0. The van der Waals surface area contributed by atoms with Gasteiger partial charge in [-0.05, 0) is 32.4 Å². The van der Waals surface area contributed by atoms with Crippen LogP contribution in [0.15, 0.2) is 12.1 Å². The molecule has 6 heteroatoms. The molecule has 94 valence electrons. The lowest BCUT2D eigenvalue weighted by atomic mass is 10.1. The molecule has 1 atom stereocenters. The lowest BCUT2D eigenvalue weighted by Crippen LogP contribution is -2.24. The zero-order valence-electron chi connectivity index (χ0n) is 9.83. The van der Waals surface area contributed by atoms with Crippen molar-refractivity contribution in [3.8, 4) is 0 Å². The molecule has 1 unspecified atom stereocenters. The summed E-state index contributed by atoms with van der Waals surface area (Å²) in [4.78, 5) is 10.2. The second-order valence-corrected chi connectivity index (χ2v) is 3.98. The van der Waals surface area contributed by atoms with Crippen LogP contribution in [0.3, 0.4) is 0 Å². The predicted octanol–water partition coefficient (Wildman–Crippen LogP) is 3.28. The fraction of sp³-hybridized carbons (Fsp3) is 0.455. The van der Waals surface area contributed by atoms with Crippen molar-refractivity contribution in [3.63, 3.8) is 0 Å². The summed E-state index contributed by atoms with van der Waals surface area (Å²) in [6.45, 7) is 4.59. The predicted molar refractivity (Wildman–Crippen MR) is 61.7 cm³/mol. The van der Waals surface area contributed by atoms with Gasteiger partial charge < -0.3 is 5.32 Å². The molecule has 0 heterocycles. The van der Waals surface area contributed by atoms with Crippen LogP contribution in [0.25, 0.3) is 0 Å². The van der Waals surface area contributed by atoms with Crippen LogP contribution in [0.2, 0.25) is 0 Å². The Hall–Kier alpha value is -1.72. The molecule has 1 rings (SSSR count). The van der Waals surface area contributed by atoms with E-state index in [1.165, 1.54) is 19.1 Å². The van der Waals surface area contributed by atoms with E-state index < -0.39 is 17.4 Å². The Kier molecular flexibility index (Phi) is 3.98. The van der Waals surface area contributed by atoms with Gasteiger partial charge in [0, 0.05) is 17.3 Å². The molecule has 0 radical (unpaired) electrons. The number of anilines is 1. The summed E-state index contributed by atoms with van der Waals surface area (Å²) < 4.78 is 24.8. The van der Waals surface area contributed by atoms with Crippen molar-refractivity contribution in [1.29, 1.82) is 0 Å². The second-order valence-electron chi connectivity index (χ2n) is 3.98. The monoisotopic (exact) mass is 244 g/mol. The van der Waals surface area contributed by atoms with Crippen molar-refractivity contribution >= 4 is 11.4 Å². The van der Waals surface area contributed by atoms with E-state index >= 15 is 0 Å². The number of rotatable bonds is 4. The van der Waals surface area contributed by atoms with Crippen molar-refractivity contribution in [2.75, 3.05) is 5.32 Å². The number of hydrogen-bond donors (Lipinski definition) is 1. The first-order valence-electron chi connectivity index (χ1n) is 5.13. The van der Waals surface area contributed by atoms with Gasteiger partial charge in [-0.15, -0.1) is 0 Å².